The van der Waals surface area contributed by atoms with Gasteiger partial charge in [0.2, 0.25) is 0 Å². The van der Waals surface area contributed by atoms with E-state index in [1.807, 2.05) is 29.3 Å². The van der Waals surface area contributed by atoms with E-state index in [0.717, 1.165) is 36.5 Å². The van der Waals surface area contributed by atoms with E-state index in [0.29, 0.717) is 13.1 Å². The molecule has 2 aromatic rings. The zero-order valence-corrected chi connectivity index (χ0v) is 14.3. The number of aromatic nitrogens is 2. The monoisotopic (exact) mass is 344 g/mol. The Hall–Kier alpha value is -2.01. The number of H-pyrrole nitrogens is 1. The topological polar surface area (TPSA) is 61.0 Å². The number of hydrogen-bond donors (Lipinski definition) is 2. The molecular formula is C18H21ClN4O. The highest BCUT2D eigenvalue weighted by Crippen LogP contribution is 2.43. The van der Waals surface area contributed by atoms with Gasteiger partial charge in [-0.1, -0.05) is 30.2 Å². The van der Waals surface area contributed by atoms with E-state index in [2.05, 4.69) is 21.6 Å². The summed E-state index contributed by atoms with van der Waals surface area (Å²) < 4.78 is 0. The van der Waals surface area contributed by atoms with Gasteiger partial charge in [-0.2, -0.15) is 5.10 Å². The van der Waals surface area contributed by atoms with E-state index in [1.165, 1.54) is 17.5 Å². The molecule has 0 unspecified atom stereocenters. The minimum atomic E-state index is 0.00329. The van der Waals surface area contributed by atoms with Crippen molar-refractivity contribution in [1.29, 1.82) is 0 Å². The van der Waals surface area contributed by atoms with Gasteiger partial charge in [-0.15, -0.1) is 0 Å². The minimum Gasteiger partial charge on any atom is -0.337 e. The van der Waals surface area contributed by atoms with E-state index >= 15 is 0 Å². The fourth-order valence-electron chi connectivity index (χ4n) is 3.73. The quantitative estimate of drug-likeness (QED) is 0.897. The van der Waals surface area contributed by atoms with Crippen LogP contribution in [-0.4, -0.2) is 34.2 Å². The van der Waals surface area contributed by atoms with Crippen molar-refractivity contribution < 1.29 is 4.79 Å². The predicted octanol–water partition coefficient (Wildman–Crippen LogP) is 3.25. The molecular weight excluding hydrogens is 324 g/mol. The van der Waals surface area contributed by atoms with Crippen LogP contribution in [0.3, 0.4) is 0 Å². The zero-order chi connectivity index (χ0) is 16.6. The Morgan fingerprint density at radius 2 is 2.29 bits per heavy atom. The van der Waals surface area contributed by atoms with Crippen LogP contribution in [0.25, 0.3) is 0 Å². The van der Waals surface area contributed by atoms with Crippen molar-refractivity contribution in [2.45, 2.75) is 37.6 Å². The molecule has 0 bridgehead atoms. The maximum absolute atomic E-state index is 12.6. The van der Waals surface area contributed by atoms with E-state index < -0.39 is 0 Å². The van der Waals surface area contributed by atoms with E-state index in [-0.39, 0.29) is 11.4 Å². The van der Waals surface area contributed by atoms with Gasteiger partial charge in [0.25, 0.3) is 0 Å². The number of hydrogen-bond acceptors (Lipinski definition) is 2. The van der Waals surface area contributed by atoms with Crippen molar-refractivity contribution >= 4 is 17.6 Å². The highest BCUT2D eigenvalue weighted by Gasteiger charge is 2.39. The summed E-state index contributed by atoms with van der Waals surface area (Å²) in [6.07, 6.45) is 6.10. The van der Waals surface area contributed by atoms with Crippen molar-refractivity contribution in [1.82, 2.24) is 20.4 Å². The Kier molecular flexibility index (Phi) is 3.96. The number of carbonyl (C=O) groups excluding carboxylic acids is 1. The fourth-order valence-corrected chi connectivity index (χ4v) is 3.93. The first-order valence-corrected chi connectivity index (χ1v) is 8.84. The zero-order valence-electron chi connectivity index (χ0n) is 13.5. The van der Waals surface area contributed by atoms with Gasteiger partial charge in [0.05, 0.1) is 18.4 Å². The van der Waals surface area contributed by atoms with Crippen LogP contribution >= 0.6 is 11.6 Å². The van der Waals surface area contributed by atoms with Crippen LogP contribution in [0.1, 0.15) is 36.1 Å². The molecule has 1 aliphatic heterocycles. The van der Waals surface area contributed by atoms with Gasteiger partial charge in [0.15, 0.2) is 0 Å². The summed E-state index contributed by atoms with van der Waals surface area (Å²) in [6.45, 7) is 2.01. The molecule has 2 heterocycles. The number of nitrogens with zero attached hydrogens (tertiary/aromatic N) is 2. The van der Waals surface area contributed by atoms with Crippen LogP contribution in [-0.2, 0) is 18.4 Å². The third-order valence-electron chi connectivity index (χ3n) is 5.42. The van der Waals surface area contributed by atoms with E-state index in [9.17, 15) is 4.79 Å². The second kappa shape index (κ2) is 6.13. The Bertz CT molecular complexity index is 753. The molecule has 24 heavy (non-hydrogen) atoms. The standard InChI is InChI=1S/C18H21ClN4O/c19-15-4-1-3-14(9-15)18(6-2-7-18)12-20-17(24)23-8-5-13-10-21-22-16(13)11-23/h1,3-4,9-10H,2,5-8,11-12H2,(H,20,24)(H,21,22). The molecule has 1 aromatic heterocycles. The number of rotatable bonds is 3. The SMILES string of the molecule is O=C(NCC1(c2cccc(Cl)c2)CCC1)N1CCc2cn[nH]c2C1. The van der Waals surface area contributed by atoms with Gasteiger partial charge in [-0.25, -0.2) is 4.79 Å². The van der Waals surface area contributed by atoms with Crippen molar-refractivity contribution in [2.75, 3.05) is 13.1 Å². The Balaban J connectivity index is 1.41. The number of amides is 2. The summed E-state index contributed by atoms with van der Waals surface area (Å²) in [4.78, 5) is 14.4. The van der Waals surface area contributed by atoms with Gasteiger partial charge < -0.3 is 10.2 Å². The Labute approximate surface area is 146 Å². The van der Waals surface area contributed by atoms with Crippen LogP contribution in [0.5, 0.6) is 0 Å². The lowest BCUT2D eigenvalue weighted by Gasteiger charge is -2.43. The first-order valence-electron chi connectivity index (χ1n) is 8.46. The van der Waals surface area contributed by atoms with Gasteiger partial charge in [-0.05, 0) is 42.5 Å². The Morgan fingerprint density at radius 1 is 1.42 bits per heavy atom. The third-order valence-corrected chi connectivity index (χ3v) is 5.66. The summed E-state index contributed by atoms with van der Waals surface area (Å²) in [5.41, 5.74) is 3.53. The number of urea groups is 1. The first-order chi connectivity index (χ1) is 11.7. The smallest absolute Gasteiger partial charge is 0.317 e. The number of carbonyl (C=O) groups is 1. The average Bonchev–Trinajstić information content (AvgIpc) is 3.01. The maximum Gasteiger partial charge on any atom is 0.317 e. The largest absolute Gasteiger partial charge is 0.337 e. The van der Waals surface area contributed by atoms with Crippen LogP contribution in [0.2, 0.25) is 5.02 Å². The molecule has 0 spiro atoms. The van der Waals surface area contributed by atoms with Crippen LogP contribution in [0, 0.1) is 0 Å². The molecule has 1 aliphatic carbocycles. The van der Waals surface area contributed by atoms with Gasteiger partial charge in [0.1, 0.15) is 0 Å². The lowest BCUT2D eigenvalue weighted by atomic mass is 9.64. The lowest BCUT2D eigenvalue weighted by molar-refractivity contribution is 0.178. The van der Waals surface area contributed by atoms with Crippen molar-refractivity contribution in [3.63, 3.8) is 0 Å². The highest BCUT2D eigenvalue weighted by atomic mass is 35.5. The fraction of sp³-hybridized carbons (Fsp3) is 0.444. The molecule has 126 valence electrons. The number of nitrogens with one attached hydrogen (secondary N) is 2. The second-order valence-corrected chi connectivity index (χ2v) is 7.28. The second-order valence-electron chi connectivity index (χ2n) is 6.85. The molecule has 1 aromatic carbocycles. The van der Waals surface area contributed by atoms with Crippen LogP contribution < -0.4 is 5.32 Å². The van der Waals surface area contributed by atoms with Crippen LogP contribution in [0.4, 0.5) is 4.79 Å². The molecule has 2 N–H and O–H groups in total. The number of benzene rings is 1. The van der Waals surface area contributed by atoms with Crippen molar-refractivity contribution in [3.8, 4) is 0 Å². The van der Waals surface area contributed by atoms with Gasteiger partial charge in [-0.3, -0.25) is 5.10 Å². The third kappa shape index (κ3) is 2.77. The maximum atomic E-state index is 12.6. The summed E-state index contributed by atoms with van der Waals surface area (Å²) in [7, 11) is 0. The van der Waals surface area contributed by atoms with Crippen LogP contribution in [0.15, 0.2) is 30.5 Å². The molecule has 2 aliphatic rings. The Morgan fingerprint density at radius 3 is 3.04 bits per heavy atom. The molecule has 2 amide bonds. The molecule has 0 radical (unpaired) electrons. The average molecular weight is 345 g/mol. The number of aromatic amines is 1. The highest BCUT2D eigenvalue weighted by molar-refractivity contribution is 6.30. The molecule has 1 fully saturated rings. The summed E-state index contributed by atoms with van der Waals surface area (Å²) >= 11 is 6.15. The van der Waals surface area contributed by atoms with Crippen molar-refractivity contribution in [2.24, 2.45) is 0 Å². The predicted molar refractivity (Wildman–Crippen MR) is 93.1 cm³/mol. The van der Waals surface area contributed by atoms with Gasteiger partial charge >= 0.3 is 6.03 Å². The normalized spacial score (nSPS) is 18.6. The summed E-state index contributed by atoms with van der Waals surface area (Å²) in [6, 6.07) is 8.04. The number of fused-ring (bicyclic) bond motifs is 1. The van der Waals surface area contributed by atoms with Gasteiger partial charge in [0, 0.05) is 23.5 Å². The minimum absolute atomic E-state index is 0.00329. The summed E-state index contributed by atoms with van der Waals surface area (Å²) in [5.74, 6) is 0. The van der Waals surface area contributed by atoms with E-state index in [4.69, 9.17) is 11.6 Å². The molecule has 5 nitrogen and oxygen atoms in total. The lowest BCUT2D eigenvalue weighted by Crippen LogP contribution is -2.50. The first kappa shape index (κ1) is 15.5. The molecule has 1 saturated carbocycles. The van der Waals surface area contributed by atoms with Crippen molar-refractivity contribution in [3.05, 3.63) is 52.3 Å². The summed E-state index contributed by atoms with van der Waals surface area (Å²) in [5, 5.41) is 10.9. The molecule has 0 saturated heterocycles. The molecule has 0 atom stereocenters. The van der Waals surface area contributed by atoms with E-state index in [1.54, 1.807) is 0 Å². The molecule has 6 heteroatoms. The number of halogens is 1. The molecule has 4 rings (SSSR count).